The van der Waals surface area contributed by atoms with Crippen LogP contribution in [0.15, 0.2) is 5.38 Å². The van der Waals surface area contributed by atoms with Gasteiger partial charge in [0.1, 0.15) is 4.88 Å². The van der Waals surface area contributed by atoms with E-state index in [-0.39, 0.29) is 5.91 Å². The number of ether oxygens (including phenoxy) is 1. The van der Waals surface area contributed by atoms with Crippen LogP contribution in [0.3, 0.4) is 0 Å². The number of carbonyl (C=O) groups excluding carboxylic acids is 2. The molecule has 2 heterocycles. The number of hydrogen-bond donors (Lipinski definition) is 2. The molecule has 21 heavy (non-hydrogen) atoms. The Morgan fingerprint density at radius 1 is 1.48 bits per heavy atom. The molecule has 1 aromatic heterocycles. The minimum atomic E-state index is -0.405. The van der Waals surface area contributed by atoms with E-state index in [1.807, 2.05) is 12.3 Å². The summed E-state index contributed by atoms with van der Waals surface area (Å²) < 4.78 is 4.74. The van der Waals surface area contributed by atoms with Crippen LogP contribution >= 0.6 is 11.3 Å². The predicted octanol–water partition coefficient (Wildman–Crippen LogP) is 2.70. The van der Waals surface area contributed by atoms with Gasteiger partial charge in [-0.2, -0.15) is 0 Å². The molecule has 1 unspecified atom stereocenters. The molecule has 2 rings (SSSR count). The fraction of sp³-hybridized carbons (Fsp3) is 0.600. The summed E-state index contributed by atoms with van der Waals surface area (Å²) in [5.74, 6) is -0.452. The van der Waals surface area contributed by atoms with Crippen molar-refractivity contribution in [2.75, 3.05) is 19.0 Å². The zero-order valence-electron chi connectivity index (χ0n) is 12.5. The van der Waals surface area contributed by atoms with E-state index in [1.54, 1.807) is 0 Å². The van der Waals surface area contributed by atoms with E-state index in [0.29, 0.717) is 23.0 Å². The number of thiophene rings is 1. The van der Waals surface area contributed by atoms with Gasteiger partial charge in [-0.1, -0.05) is 6.42 Å². The molecule has 0 aliphatic carbocycles. The van der Waals surface area contributed by atoms with E-state index in [0.717, 1.165) is 24.9 Å². The van der Waals surface area contributed by atoms with Crippen molar-refractivity contribution in [3.8, 4) is 0 Å². The number of esters is 1. The molecule has 116 valence electrons. The molecule has 0 bridgehead atoms. The molecule has 0 spiro atoms. The van der Waals surface area contributed by atoms with Crippen LogP contribution in [0, 0.1) is 6.92 Å². The van der Waals surface area contributed by atoms with Crippen LogP contribution in [-0.2, 0) is 9.53 Å². The summed E-state index contributed by atoms with van der Waals surface area (Å²) in [4.78, 5) is 24.2. The molecule has 1 amide bonds. The van der Waals surface area contributed by atoms with Gasteiger partial charge >= 0.3 is 5.97 Å². The van der Waals surface area contributed by atoms with Crippen LogP contribution in [-0.4, -0.2) is 31.6 Å². The maximum absolute atomic E-state index is 12.1. The van der Waals surface area contributed by atoms with Crippen LogP contribution in [0.4, 0.5) is 5.69 Å². The van der Waals surface area contributed by atoms with Gasteiger partial charge in [-0.3, -0.25) is 4.79 Å². The van der Waals surface area contributed by atoms with Gasteiger partial charge in [-0.25, -0.2) is 4.79 Å². The van der Waals surface area contributed by atoms with E-state index in [2.05, 4.69) is 10.6 Å². The number of carbonyl (C=O) groups is 2. The fourth-order valence-corrected chi connectivity index (χ4v) is 3.44. The van der Waals surface area contributed by atoms with E-state index >= 15 is 0 Å². The lowest BCUT2D eigenvalue weighted by Gasteiger charge is -2.23. The first-order valence-electron chi connectivity index (χ1n) is 7.31. The zero-order valence-corrected chi connectivity index (χ0v) is 13.3. The Balaban J connectivity index is 1.90. The Hall–Kier alpha value is -1.40. The average molecular weight is 310 g/mol. The lowest BCUT2D eigenvalue weighted by atomic mass is 10.0. The quantitative estimate of drug-likeness (QED) is 0.821. The minimum Gasteiger partial charge on any atom is -0.465 e. The summed E-state index contributed by atoms with van der Waals surface area (Å²) >= 11 is 1.30. The number of rotatable bonds is 5. The van der Waals surface area contributed by atoms with Crippen LogP contribution < -0.4 is 10.6 Å². The van der Waals surface area contributed by atoms with Gasteiger partial charge in [-0.05, 0) is 43.7 Å². The standard InChI is InChI=1S/C15H22N2O3S/c1-10-9-21-14(15(19)20-2)13(10)17-12(18)7-6-11-5-3-4-8-16-11/h9,11,16H,3-8H2,1-2H3,(H,17,18). The summed E-state index contributed by atoms with van der Waals surface area (Å²) in [7, 11) is 1.34. The minimum absolute atomic E-state index is 0.0472. The number of methoxy groups -OCH3 is 1. The van der Waals surface area contributed by atoms with Gasteiger partial charge in [0.25, 0.3) is 0 Å². The molecule has 1 atom stereocenters. The van der Waals surface area contributed by atoms with Gasteiger partial charge in [-0.15, -0.1) is 11.3 Å². The Morgan fingerprint density at radius 2 is 2.29 bits per heavy atom. The molecular formula is C15H22N2O3S. The summed E-state index contributed by atoms with van der Waals surface area (Å²) in [5.41, 5.74) is 1.48. The van der Waals surface area contributed by atoms with Crippen LogP contribution in [0.25, 0.3) is 0 Å². The molecule has 5 nitrogen and oxygen atoms in total. The van der Waals surface area contributed by atoms with Crippen LogP contribution in [0.5, 0.6) is 0 Å². The third-order valence-corrected chi connectivity index (χ3v) is 4.82. The highest BCUT2D eigenvalue weighted by Crippen LogP contribution is 2.28. The number of nitrogens with one attached hydrogen (secondary N) is 2. The molecule has 0 radical (unpaired) electrons. The maximum atomic E-state index is 12.1. The summed E-state index contributed by atoms with van der Waals surface area (Å²) in [6, 6.07) is 0.438. The maximum Gasteiger partial charge on any atom is 0.350 e. The lowest BCUT2D eigenvalue weighted by Crippen LogP contribution is -2.34. The van der Waals surface area contributed by atoms with Crippen molar-refractivity contribution in [2.45, 2.75) is 45.1 Å². The molecule has 1 aliphatic rings. The second-order valence-electron chi connectivity index (χ2n) is 5.35. The number of piperidine rings is 1. The molecule has 1 aromatic rings. The van der Waals surface area contributed by atoms with Gasteiger partial charge in [0.2, 0.25) is 5.91 Å². The van der Waals surface area contributed by atoms with E-state index in [1.165, 1.54) is 31.3 Å². The topological polar surface area (TPSA) is 67.4 Å². The highest BCUT2D eigenvalue weighted by atomic mass is 32.1. The van der Waals surface area contributed by atoms with Crippen molar-refractivity contribution in [3.05, 3.63) is 15.8 Å². The van der Waals surface area contributed by atoms with Crippen molar-refractivity contribution in [2.24, 2.45) is 0 Å². The van der Waals surface area contributed by atoms with E-state index in [4.69, 9.17) is 4.74 Å². The van der Waals surface area contributed by atoms with Crippen LogP contribution in [0.1, 0.15) is 47.3 Å². The molecular weight excluding hydrogens is 288 g/mol. The monoisotopic (exact) mass is 310 g/mol. The van der Waals surface area contributed by atoms with Gasteiger partial charge < -0.3 is 15.4 Å². The van der Waals surface area contributed by atoms with Crippen molar-refractivity contribution in [3.63, 3.8) is 0 Å². The van der Waals surface area contributed by atoms with Crippen molar-refractivity contribution in [1.29, 1.82) is 0 Å². The molecule has 0 aromatic carbocycles. The number of anilines is 1. The van der Waals surface area contributed by atoms with Crippen LogP contribution in [0.2, 0.25) is 0 Å². The molecule has 6 heteroatoms. The predicted molar refractivity (Wildman–Crippen MR) is 83.9 cm³/mol. The number of hydrogen-bond acceptors (Lipinski definition) is 5. The zero-order chi connectivity index (χ0) is 15.2. The normalized spacial score (nSPS) is 18.3. The summed E-state index contributed by atoms with van der Waals surface area (Å²) in [5, 5.41) is 8.14. The Kier molecular flexibility index (Phi) is 5.76. The largest absolute Gasteiger partial charge is 0.465 e. The Morgan fingerprint density at radius 3 is 2.95 bits per heavy atom. The average Bonchev–Trinajstić information content (AvgIpc) is 2.86. The van der Waals surface area contributed by atoms with Gasteiger partial charge in [0.05, 0.1) is 12.8 Å². The van der Waals surface area contributed by atoms with Crippen molar-refractivity contribution < 1.29 is 14.3 Å². The Bertz CT molecular complexity index is 507. The molecule has 1 aliphatic heterocycles. The molecule has 1 fully saturated rings. The number of aryl methyl sites for hydroxylation is 1. The highest BCUT2D eigenvalue weighted by Gasteiger charge is 2.19. The second-order valence-corrected chi connectivity index (χ2v) is 6.23. The smallest absolute Gasteiger partial charge is 0.350 e. The van der Waals surface area contributed by atoms with E-state index in [9.17, 15) is 9.59 Å². The molecule has 0 saturated carbocycles. The third kappa shape index (κ3) is 4.28. The first-order chi connectivity index (χ1) is 10.1. The lowest BCUT2D eigenvalue weighted by molar-refractivity contribution is -0.116. The first kappa shape index (κ1) is 16.0. The summed E-state index contributed by atoms with van der Waals surface area (Å²) in [6.45, 7) is 2.92. The van der Waals surface area contributed by atoms with Crippen molar-refractivity contribution in [1.82, 2.24) is 5.32 Å². The molecule has 2 N–H and O–H groups in total. The van der Waals surface area contributed by atoms with Gasteiger partial charge in [0, 0.05) is 12.5 Å². The SMILES string of the molecule is COC(=O)c1scc(C)c1NC(=O)CCC1CCCCN1. The highest BCUT2D eigenvalue weighted by molar-refractivity contribution is 7.12. The van der Waals surface area contributed by atoms with Crippen molar-refractivity contribution >= 4 is 28.9 Å². The third-order valence-electron chi connectivity index (χ3n) is 3.74. The first-order valence-corrected chi connectivity index (χ1v) is 8.19. The van der Waals surface area contributed by atoms with Gasteiger partial charge in [0.15, 0.2) is 0 Å². The Labute approximate surface area is 129 Å². The molecule has 1 saturated heterocycles. The van der Waals surface area contributed by atoms with E-state index < -0.39 is 5.97 Å². The summed E-state index contributed by atoms with van der Waals surface area (Å²) in [6.07, 6.45) is 4.89. The second kappa shape index (κ2) is 7.56. The number of amides is 1. The fourth-order valence-electron chi connectivity index (χ4n) is 2.52.